The van der Waals surface area contributed by atoms with Gasteiger partial charge in [-0.15, -0.1) is 0 Å². The number of nitrogens with two attached hydrogens (primary N) is 1. The number of primary amides is 1. The van der Waals surface area contributed by atoms with Gasteiger partial charge in [-0.2, -0.15) is 4.37 Å². The number of carbonyl (C=O) groups is 1. The summed E-state index contributed by atoms with van der Waals surface area (Å²) in [6.07, 6.45) is 3.10. The van der Waals surface area contributed by atoms with Gasteiger partial charge in [-0.25, -0.2) is 4.98 Å². The molecule has 18 heavy (non-hydrogen) atoms. The predicted molar refractivity (Wildman–Crippen MR) is 73.8 cm³/mol. The van der Waals surface area contributed by atoms with Crippen LogP contribution < -0.4 is 11.1 Å². The fourth-order valence-corrected chi connectivity index (χ4v) is 3.32. The van der Waals surface area contributed by atoms with E-state index in [1.54, 1.807) is 11.8 Å². The molecule has 0 radical (unpaired) electrons. The van der Waals surface area contributed by atoms with Gasteiger partial charge in [-0.3, -0.25) is 4.79 Å². The van der Waals surface area contributed by atoms with Crippen molar-refractivity contribution in [2.24, 2.45) is 5.73 Å². The van der Waals surface area contributed by atoms with Crippen molar-refractivity contribution in [3.8, 4) is 0 Å². The SMILES string of the molecule is CCc1nsc(SCC(C)(NC2CC2)C(N)=O)n1. The summed E-state index contributed by atoms with van der Waals surface area (Å²) in [5.41, 5.74) is 4.83. The van der Waals surface area contributed by atoms with E-state index in [4.69, 9.17) is 5.73 Å². The van der Waals surface area contributed by atoms with Gasteiger partial charge in [-0.1, -0.05) is 18.7 Å². The van der Waals surface area contributed by atoms with Crippen LogP contribution in [0.3, 0.4) is 0 Å². The van der Waals surface area contributed by atoms with Crippen molar-refractivity contribution in [1.29, 1.82) is 0 Å². The molecular formula is C11H18N4OS2. The van der Waals surface area contributed by atoms with Crippen LogP contribution in [0.15, 0.2) is 4.34 Å². The predicted octanol–water partition coefficient (Wildman–Crippen LogP) is 1.19. The van der Waals surface area contributed by atoms with E-state index in [1.165, 1.54) is 11.5 Å². The zero-order chi connectivity index (χ0) is 13.2. The molecule has 1 fully saturated rings. The van der Waals surface area contributed by atoms with Gasteiger partial charge in [0.2, 0.25) is 5.91 Å². The minimum absolute atomic E-state index is 0.304. The quantitative estimate of drug-likeness (QED) is 0.736. The first kappa shape index (κ1) is 13.8. The third kappa shape index (κ3) is 3.43. The molecule has 7 heteroatoms. The summed E-state index contributed by atoms with van der Waals surface area (Å²) in [5.74, 6) is 1.15. The zero-order valence-corrected chi connectivity index (χ0v) is 12.2. The van der Waals surface area contributed by atoms with Crippen LogP contribution >= 0.6 is 23.3 Å². The molecule has 0 aliphatic heterocycles. The average Bonchev–Trinajstić information content (AvgIpc) is 3.02. The molecule has 1 aliphatic rings. The number of nitrogens with zero attached hydrogens (tertiary/aromatic N) is 2. The van der Waals surface area contributed by atoms with Crippen LogP contribution in [-0.2, 0) is 11.2 Å². The molecule has 1 aliphatic carbocycles. The maximum absolute atomic E-state index is 11.6. The molecule has 0 aromatic carbocycles. The van der Waals surface area contributed by atoms with Crippen molar-refractivity contribution >= 4 is 29.2 Å². The maximum atomic E-state index is 11.6. The average molecular weight is 286 g/mol. The Labute approximate surface area is 115 Å². The molecule has 1 amide bonds. The molecule has 1 saturated carbocycles. The highest BCUT2D eigenvalue weighted by Gasteiger charge is 2.37. The van der Waals surface area contributed by atoms with Crippen molar-refractivity contribution in [3.05, 3.63) is 5.82 Å². The normalized spacial score (nSPS) is 18.6. The number of thioether (sulfide) groups is 1. The monoisotopic (exact) mass is 286 g/mol. The van der Waals surface area contributed by atoms with Crippen molar-refractivity contribution in [2.75, 3.05) is 5.75 Å². The van der Waals surface area contributed by atoms with Crippen LogP contribution in [-0.4, -0.2) is 32.6 Å². The summed E-state index contributed by atoms with van der Waals surface area (Å²) in [6, 6.07) is 0.448. The molecule has 0 bridgehead atoms. The molecule has 1 aromatic heterocycles. The second-order valence-electron chi connectivity index (χ2n) is 4.73. The third-order valence-corrected chi connectivity index (χ3v) is 5.08. The van der Waals surface area contributed by atoms with Crippen LogP contribution in [0.5, 0.6) is 0 Å². The van der Waals surface area contributed by atoms with Crippen LogP contribution in [0.25, 0.3) is 0 Å². The molecule has 1 unspecified atom stereocenters. The molecule has 2 rings (SSSR count). The Morgan fingerprint density at radius 2 is 2.39 bits per heavy atom. The number of hydrogen-bond donors (Lipinski definition) is 2. The van der Waals surface area contributed by atoms with Crippen LogP contribution in [0, 0.1) is 0 Å². The summed E-state index contributed by atoms with van der Waals surface area (Å²) in [7, 11) is 0. The number of amides is 1. The van der Waals surface area contributed by atoms with Gasteiger partial charge in [0.1, 0.15) is 11.4 Å². The van der Waals surface area contributed by atoms with E-state index in [0.29, 0.717) is 11.8 Å². The van der Waals surface area contributed by atoms with Gasteiger partial charge in [0.15, 0.2) is 4.34 Å². The number of hydrogen-bond acceptors (Lipinski definition) is 6. The van der Waals surface area contributed by atoms with Gasteiger partial charge in [0, 0.05) is 18.2 Å². The number of rotatable bonds is 7. The molecule has 3 N–H and O–H groups in total. The lowest BCUT2D eigenvalue weighted by atomic mass is 10.1. The fraction of sp³-hybridized carbons (Fsp3) is 0.727. The first-order chi connectivity index (χ1) is 8.53. The van der Waals surface area contributed by atoms with Crippen molar-refractivity contribution in [2.45, 2.75) is 49.0 Å². The van der Waals surface area contributed by atoms with Crippen LogP contribution in [0.4, 0.5) is 0 Å². The van der Waals surface area contributed by atoms with Gasteiger partial charge in [0.25, 0.3) is 0 Å². The Kier molecular flexibility index (Phi) is 4.24. The van der Waals surface area contributed by atoms with Gasteiger partial charge >= 0.3 is 0 Å². The standard InChI is InChI=1S/C11H18N4OS2/c1-3-8-13-10(18-15-8)17-6-11(2,9(12)16)14-7-4-5-7/h7,14H,3-6H2,1-2H3,(H2,12,16). The van der Waals surface area contributed by atoms with E-state index >= 15 is 0 Å². The molecule has 5 nitrogen and oxygen atoms in total. The lowest BCUT2D eigenvalue weighted by molar-refractivity contribution is -0.123. The van der Waals surface area contributed by atoms with E-state index in [2.05, 4.69) is 14.7 Å². The van der Waals surface area contributed by atoms with Crippen LogP contribution in [0.2, 0.25) is 0 Å². The Morgan fingerprint density at radius 1 is 1.67 bits per heavy atom. The highest BCUT2D eigenvalue weighted by molar-refractivity contribution is 8.01. The van der Waals surface area contributed by atoms with Crippen LogP contribution in [0.1, 0.15) is 32.5 Å². The summed E-state index contributed by atoms with van der Waals surface area (Å²) in [5, 5.41) is 3.32. The Hall–Kier alpha value is -0.660. The molecule has 1 atom stereocenters. The Balaban J connectivity index is 1.94. The summed E-state index contributed by atoms with van der Waals surface area (Å²) >= 11 is 2.93. The summed E-state index contributed by atoms with van der Waals surface area (Å²) in [4.78, 5) is 16.0. The molecular weight excluding hydrogens is 268 g/mol. The number of aromatic nitrogens is 2. The molecule has 0 spiro atoms. The Morgan fingerprint density at radius 3 is 2.89 bits per heavy atom. The van der Waals surface area contributed by atoms with E-state index in [9.17, 15) is 4.79 Å². The summed E-state index contributed by atoms with van der Waals surface area (Å²) in [6.45, 7) is 3.89. The number of carbonyl (C=O) groups excluding carboxylic acids is 1. The molecule has 1 aromatic rings. The van der Waals surface area contributed by atoms with Gasteiger partial charge in [-0.05, 0) is 31.3 Å². The van der Waals surface area contributed by atoms with Crippen molar-refractivity contribution < 1.29 is 4.79 Å². The smallest absolute Gasteiger partial charge is 0.238 e. The van der Waals surface area contributed by atoms with Gasteiger partial charge in [0.05, 0.1) is 0 Å². The van der Waals surface area contributed by atoms with E-state index < -0.39 is 5.54 Å². The maximum Gasteiger partial charge on any atom is 0.238 e. The van der Waals surface area contributed by atoms with Crippen molar-refractivity contribution in [1.82, 2.24) is 14.7 Å². The summed E-state index contributed by atoms with van der Waals surface area (Å²) < 4.78 is 5.13. The fourth-order valence-electron chi connectivity index (χ4n) is 1.51. The second kappa shape index (κ2) is 5.54. The molecule has 100 valence electrons. The first-order valence-electron chi connectivity index (χ1n) is 6.06. The van der Waals surface area contributed by atoms with E-state index in [-0.39, 0.29) is 5.91 Å². The topological polar surface area (TPSA) is 80.9 Å². The largest absolute Gasteiger partial charge is 0.368 e. The highest BCUT2D eigenvalue weighted by Crippen LogP contribution is 2.28. The van der Waals surface area contributed by atoms with E-state index in [0.717, 1.165) is 29.4 Å². The lowest BCUT2D eigenvalue weighted by Gasteiger charge is -2.26. The second-order valence-corrected chi connectivity index (χ2v) is 6.71. The first-order valence-corrected chi connectivity index (χ1v) is 7.82. The third-order valence-electron chi connectivity index (χ3n) is 2.89. The zero-order valence-electron chi connectivity index (χ0n) is 10.6. The minimum atomic E-state index is -0.663. The van der Waals surface area contributed by atoms with Gasteiger partial charge < -0.3 is 11.1 Å². The Bertz CT molecular complexity index is 432. The molecule has 1 heterocycles. The molecule has 0 saturated heterocycles. The number of nitrogens with one attached hydrogen (secondary N) is 1. The highest BCUT2D eigenvalue weighted by atomic mass is 32.2. The van der Waals surface area contributed by atoms with Crippen molar-refractivity contribution in [3.63, 3.8) is 0 Å². The number of aryl methyl sites for hydroxylation is 1. The lowest BCUT2D eigenvalue weighted by Crippen LogP contribution is -2.55. The van der Waals surface area contributed by atoms with E-state index in [1.807, 2.05) is 13.8 Å². The minimum Gasteiger partial charge on any atom is -0.368 e.